The van der Waals surface area contributed by atoms with Crippen LogP contribution in [0.4, 0.5) is 5.82 Å². The summed E-state index contributed by atoms with van der Waals surface area (Å²) >= 11 is 3.53. The minimum Gasteiger partial charge on any atom is -0.383 e. The molecule has 5 nitrogen and oxygen atoms in total. The van der Waals surface area contributed by atoms with Crippen LogP contribution >= 0.6 is 15.9 Å². The second-order valence-corrected chi connectivity index (χ2v) is 5.75. The smallest absolute Gasteiger partial charge is 0.180 e. The van der Waals surface area contributed by atoms with Gasteiger partial charge in [-0.05, 0) is 34.8 Å². The average Bonchev–Trinajstić information content (AvgIpc) is 3.03. The molecule has 3 rings (SSSR count). The van der Waals surface area contributed by atoms with Crippen LogP contribution in [0.3, 0.4) is 0 Å². The summed E-state index contributed by atoms with van der Waals surface area (Å²) in [6.45, 7) is 0. The fraction of sp³-hybridized carbons (Fsp3) is 0.462. The number of aromatic nitrogens is 4. The zero-order valence-electron chi connectivity index (χ0n) is 10.8. The maximum Gasteiger partial charge on any atom is 0.180 e. The summed E-state index contributed by atoms with van der Waals surface area (Å²) in [6, 6.07) is 1.90. The third-order valence-electron chi connectivity index (χ3n) is 3.69. The summed E-state index contributed by atoms with van der Waals surface area (Å²) in [7, 11) is 1.88. The summed E-state index contributed by atoms with van der Waals surface area (Å²) in [4.78, 5) is 9.09. The Balaban J connectivity index is 2.10. The monoisotopic (exact) mass is 321 g/mol. The molecule has 1 aliphatic carbocycles. The normalized spacial score (nSPS) is 16.1. The van der Waals surface area contributed by atoms with Crippen molar-refractivity contribution in [3.63, 3.8) is 0 Å². The molecule has 0 amide bonds. The van der Waals surface area contributed by atoms with Gasteiger partial charge in [-0.25, -0.2) is 9.97 Å². The van der Waals surface area contributed by atoms with Crippen molar-refractivity contribution >= 4 is 21.7 Å². The SMILES string of the molecule is Cn1nccc1-c1nc(N)c(Br)c(C2CCCC2)n1. The highest BCUT2D eigenvalue weighted by Crippen LogP contribution is 2.38. The largest absolute Gasteiger partial charge is 0.383 e. The molecule has 0 unspecified atom stereocenters. The lowest BCUT2D eigenvalue weighted by Crippen LogP contribution is -2.07. The van der Waals surface area contributed by atoms with E-state index in [1.54, 1.807) is 10.9 Å². The lowest BCUT2D eigenvalue weighted by molar-refractivity contribution is 0.689. The Morgan fingerprint density at radius 3 is 2.68 bits per heavy atom. The van der Waals surface area contributed by atoms with Gasteiger partial charge in [0.2, 0.25) is 0 Å². The van der Waals surface area contributed by atoms with E-state index in [1.807, 2.05) is 13.1 Å². The van der Waals surface area contributed by atoms with Crippen molar-refractivity contribution in [2.75, 3.05) is 5.73 Å². The number of halogens is 1. The van der Waals surface area contributed by atoms with E-state index in [1.165, 1.54) is 25.7 Å². The van der Waals surface area contributed by atoms with Crippen LogP contribution in [0.2, 0.25) is 0 Å². The Hall–Kier alpha value is -1.43. The van der Waals surface area contributed by atoms with Crippen LogP contribution in [-0.4, -0.2) is 19.7 Å². The van der Waals surface area contributed by atoms with Crippen molar-refractivity contribution in [2.24, 2.45) is 7.05 Å². The predicted octanol–water partition coefficient (Wildman–Crippen LogP) is 2.88. The van der Waals surface area contributed by atoms with Crippen LogP contribution in [0.5, 0.6) is 0 Å². The molecular weight excluding hydrogens is 306 g/mol. The molecule has 2 N–H and O–H groups in total. The zero-order valence-corrected chi connectivity index (χ0v) is 12.4. The van der Waals surface area contributed by atoms with E-state index in [9.17, 15) is 0 Å². The van der Waals surface area contributed by atoms with E-state index in [2.05, 4.69) is 26.0 Å². The summed E-state index contributed by atoms with van der Waals surface area (Å²) in [5.41, 5.74) is 7.95. The number of nitrogens with zero attached hydrogens (tertiary/aromatic N) is 4. The third-order valence-corrected chi connectivity index (χ3v) is 4.51. The van der Waals surface area contributed by atoms with Gasteiger partial charge >= 0.3 is 0 Å². The molecular formula is C13H16BrN5. The third kappa shape index (κ3) is 2.25. The van der Waals surface area contributed by atoms with Crippen molar-refractivity contribution in [3.8, 4) is 11.5 Å². The van der Waals surface area contributed by atoms with Gasteiger partial charge in [0.05, 0.1) is 10.2 Å². The van der Waals surface area contributed by atoms with Crippen LogP contribution in [0.25, 0.3) is 11.5 Å². The van der Waals surface area contributed by atoms with Gasteiger partial charge < -0.3 is 5.73 Å². The molecule has 2 aromatic heterocycles. The molecule has 1 fully saturated rings. The van der Waals surface area contributed by atoms with Crippen LogP contribution in [0.1, 0.15) is 37.3 Å². The van der Waals surface area contributed by atoms with Crippen molar-refractivity contribution in [1.82, 2.24) is 19.7 Å². The lowest BCUT2D eigenvalue weighted by atomic mass is 10.0. The first-order chi connectivity index (χ1) is 9.16. The Labute approximate surface area is 120 Å². The maximum atomic E-state index is 6.02. The van der Waals surface area contributed by atoms with E-state index in [-0.39, 0.29) is 0 Å². The standard InChI is InChI=1S/C13H16BrN5/c1-19-9(6-7-16-19)13-17-11(8-4-2-3-5-8)10(14)12(15)18-13/h6-8H,2-5H2,1H3,(H2,15,17,18). The summed E-state index contributed by atoms with van der Waals surface area (Å²) in [5.74, 6) is 1.65. The number of anilines is 1. The van der Waals surface area contributed by atoms with E-state index in [0.717, 1.165) is 15.9 Å². The molecule has 1 aliphatic rings. The van der Waals surface area contributed by atoms with Crippen molar-refractivity contribution in [2.45, 2.75) is 31.6 Å². The van der Waals surface area contributed by atoms with Crippen LogP contribution in [-0.2, 0) is 7.05 Å². The fourth-order valence-electron chi connectivity index (χ4n) is 2.66. The molecule has 0 atom stereocenters. The van der Waals surface area contributed by atoms with Gasteiger partial charge in [-0.15, -0.1) is 0 Å². The first-order valence-corrected chi connectivity index (χ1v) is 7.27. The Kier molecular flexibility index (Phi) is 3.26. The van der Waals surface area contributed by atoms with Gasteiger partial charge in [-0.2, -0.15) is 5.10 Å². The second-order valence-electron chi connectivity index (χ2n) is 4.95. The first kappa shape index (κ1) is 12.6. The van der Waals surface area contributed by atoms with Crippen LogP contribution in [0, 0.1) is 0 Å². The number of nitrogen functional groups attached to an aromatic ring is 1. The average molecular weight is 322 g/mol. The number of hydrogen-bond donors (Lipinski definition) is 1. The molecule has 19 heavy (non-hydrogen) atoms. The lowest BCUT2D eigenvalue weighted by Gasteiger charge is -2.13. The highest BCUT2D eigenvalue weighted by atomic mass is 79.9. The maximum absolute atomic E-state index is 6.02. The quantitative estimate of drug-likeness (QED) is 0.923. The molecule has 0 aromatic carbocycles. The highest BCUT2D eigenvalue weighted by molar-refractivity contribution is 9.10. The van der Waals surface area contributed by atoms with Gasteiger partial charge in [0.1, 0.15) is 11.5 Å². The molecule has 2 heterocycles. The van der Waals surface area contributed by atoms with Gasteiger partial charge in [-0.3, -0.25) is 4.68 Å². The van der Waals surface area contributed by atoms with E-state index >= 15 is 0 Å². The van der Waals surface area contributed by atoms with E-state index in [4.69, 9.17) is 10.7 Å². The van der Waals surface area contributed by atoms with Crippen molar-refractivity contribution in [3.05, 3.63) is 22.4 Å². The second kappa shape index (κ2) is 4.92. The van der Waals surface area contributed by atoms with Crippen LogP contribution in [0.15, 0.2) is 16.7 Å². The Bertz CT molecular complexity index is 601. The summed E-state index contributed by atoms with van der Waals surface area (Å²) < 4.78 is 2.62. The van der Waals surface area contributed by atoms with E-state index < -0.39 is 0 Å². The van der Waals surface area contributed by atoms with Gasteiger partial charge in [0, 0.05) is 19.2 Å². The van der Waals surface area contributed by atoms with Crippen molar-refractivity contribution in [1.29, 1.82) is 0 Å². The zero-order chi connectivity index (χ0) is 13.4. The molecule has 0 spiro atoms. The fourth-order valence-corrected chi connectivity index (χ4v) is 3.16. The number of nitrogens with two attached hydrogens (primary N) is 1. The van der Waals surface area contributed by atoms with Gasteiger partial charge in [0.25, 0.3) is 0 Å². The molecule has 0 bridgehead atoms. The van der Waals surface area contributed by atoms with E-state index in [0.29, 0.717) is 17.6 Å². The number of hydrogen-bond acceptors (Lipinski definition) is 4. The molecule has 0 saturated heterocycles. The molecule has 1 saturated carbocycles. The predicted molar refractivity (Wildman–Crippen MR) is 77.6 cm³/mol. The highest BCUT2D eigenvalue weighted by Gasteiger charge is 2.24. The molecule has 2 aromatic rings. The van der Waals surface area contributed by atoms with Gasteiger partial charge in [0.15, 0.2) is 5.82 Å². The molecule has 6 heteroatoms. The number of rotatable bonds is 2. The summed E-state index contributed by atoms with van der Waals surface area (Å²) in [6.07, 6.45) is 6.63. The molecule has 0 radical (unpaired) electrons. The minimum atomic E-state index is 0.492. The summed E-state index contributed by atoms with van der Waals surface area (Å²) in [5, 5.41) is 4.16. The molecule has 0 aliphatic heterocycles. The van der Waals surface area contributed by atoms with Gasteiger partial charge in [-0.1, -0.05) is 12.8 Å². The minimum absolute atomic E-state index is 0.492. The van der Waals surface area contributed by atoms with Crippen molar-refractivity contribution < 1.29 is 0 Å². The Morgan fingerprint density at radius 1 is 1.32 bits per heavy atom. The topological polar surface area (TPSA) is 69.6 Å². The van der Waals surface area contributed by atoms with Crippen LogP contribution < -0.4 is 5.73 Å². The molecule has 100 valence electrons. The first-order valence-electron chi connectivity index (χ1n) is 6.48. The number of aryl methyl sites for hydroxylation is 1. The Morgan fingerprint density at radius 2 is 2.05 bits per heavy atom.